The second kappa shape index (κ2) is 2.26. The summed E-state index contributed by atoms with van der Waals surface area (Å²) in [5, 5.41) is 0.979. The van der Waals surface area contributed by atoms with Crippen molar-refractivity contribution in [3.05, 3.63) is 31.0 Å². The van der Waals surface area contributed by atoms with Crippen LogP contribution in [0.5, 0.6) is 0 Å². The number of aromatic nitrogens is 3. The predicted octanol–water partition coefficient (Wildman–Crippen LogP) is 1.77. The zero-order chi connectivity index (χ0) is 8.67. The fourth-order valence-corrected chi connectivity index (χ4v) is 1.37. The second-order valence-electron chi connectivity index (χ2n) is 2.71. The highest BCUT2D eigenvalue weighted by atomic mass is 16.3. The molecule has 0 fully saturated rings. The number of furan rings is 1. The van der Waals surface area contributed by atoms with Crippen molar-refractivity contribution < 1.29 is 4.42 Å². The van der Waals surface area contributed by atoms with Crippen LogP contribution in [0.3, 0.4) is 0 Å². The highest BCUT2D eigenvalue weighted by Gasteiger charge is 2.05. The Morgan fingerprint density at radius 3 is 3.00 bits per heavy atom. The SMILES string of the molecule is c1cc2c(cn1)oc1cncnc12. The Morgan fingerprint density at radius 2 is 2.00 bits per heavy atom. The largest absolute Gasteiger partial charge is 0.451 e. The first-order chi connectivity index (χ1) is 6.45. The zero-order valence-electron chi connectivity index (χ0n) is 6.64. The summed E-state index contributed by atoms with van der Waals surface area (Å²) < 4.78 is 5.46. The molecule has 3 aromatic heterocycles. The van der Waals surface area contributed by atoms with Crippen LogP contribution in [0.25, 0.3) is 22.1 Å². The summed E-state index contributed by atoms with van der Waals surface area (Å²) >= 11 is 0. The maximum atomic E-state index is 5.46. The van der Waals surface area contributed by atoms with Crippen molar-refractivity contribution in [1.29, 1.82) is 0 Å². The van der Waals surface area contributed by atoms with Gasteiger partial charge < -0.3 is 4.42 Å². The summed E-state index contributed by atoms with van der Waals surface area (Å²) in [6.45, 7) is 0. The predicted molar refractivity (Wildman–Crippen MR) is 47.1 cm³/mol. The Balaban J connectivity index is 2.64. The molecule has 0 aliphatic heterocycles. The summed E-state index contributed by atoms with van der Waals surface area (Å²) in [6, 6.07) is 1.88. The van der Waals surface area contributed by atoms with Crippen LogP contribution in [-0.4, -0.2) is 15.0 Å². The minimum atomic E-state index is 0.700. The fourth-order valence-electron chi connectivity index (χ4n) is 1.37. The van der Waals surface area contributed by atoms with E-state index < -0.39 is 0 Å². The van der Waals surface area contributed by atoms with Crippen molar-refractivity contribution >= 4 is 22.1 Å². The molecule has 0 bridgehead atoms. The summed E-state index contributed by atoms with van der Waals surface area (Å²) in [5.41, 5.74) is 2.29. The van der Waals surface area contributed by atoms with Gasteiger partial charge in [0.2, 0.25) is 0 Å². The molecule has 0 saturated heterocycles. The number of rotatable bonds is 0. The van der Waals surface area contributed by atoms with E-state index in [0.717, 1.165) is 16.5 Å². The van der Waals surface area contributed by atoms with E-state index in [-0.39, 0.29) is 0 Å². The third kappa shape index (κ3) is 0.823. The fraction of sp³-hybridized carbons (Fsp3) is 0. The molecule has 62 valence electrons. The van der Waals surface area contributed by atoms with Gasteiger partial charge in [-0.15, -0.1) is 0 Å². The highest BCUT2D eigenvalue weighted by molar-refractivity contribution is 6.01. The minimum absolute atomic E-state index is 0.700. The van der Waals surface area contributed by atoms with Gasteiger partial charge in [0.15, 0.2) is 11.2 Å². The molecule has 0 saturated carbocycles. The van der Waals surface area contributed by atoms with Gasteiger partial charge in [-0.25, -0.2) is 9.97 Å². The molecule has 0 radical (unpaired) electrons. The molecule has 4 nitrogen and oxygen atoms in total. The molecule has 3 aromatic rings. The molecule has 4 heteroatoms. The molecule has 3 heterocycles. The molecule has 0 aromatic carbocycles. The average Bonchev–Trinajstić information content (AvgIpc) is 2.56. The van der Waals surface area contributed by atoms with Gasteiger partial charge in [0.1, 0.15) is 11.8 Å². The number of fused-ring (bicyclic) bond motifs is 3. The Morgan fingerprint density at radius 1 is 1.08 bits per heavy atom. The van der Waals surface area contributed by atoms with Crippen molar-refractivity contribution in [3.63, 3.8) is 0 Å². The third-order valence-electron chi connectivity index (χ3n) is 1.94. The summed E-state index contributed by atoms with van der Waals surface area (Å²) in [6.07, 6.45) is 6.57. The van der Waals surface area contributed by atoms with Gasteiger partial charge in [-0.2, -0.15) is 0 Å². The molecule has 0 N–H and O–H groups in total. The van der Waals surface area contributed by atoms with E-state index in [1.807, 2.05) is 6.07 Å². The van der Waals surface area contributed by atoms with Crippen molar-refractivity contribution in [2.24, 2.45) is 0 Å². The van der Waals surface area contributed by atoms with Gasteiger partial charge in [-0.3, -0.25) is 4.98 Å². The average molecular weight is 171 g/mol. The van der Waals surface area contributed by atoms with Gasteiger partial charge >= 0.3 is 0 Å². The highest BCUT2D eigenvalue weighted by Crippen LogP contribution is 2.24. The van der Waals surface area contributed by atoms with Gasteiger partial charge in [0.05, 0.1) is 12.4 Å². The molecular weight excluding hydrogens is 166 g/mol. The Kier molecular flexibility index (Phi) is 1.14. The van der Waals surface area contributed by atoms with Gasteiger partial charge in [0.25, 0.3) is 0 Å². The van der Waals surface area contributed by atoms with E-state index in [2.05, 4.69) is 15.0 Å². The van der Waals surface area contributed by atoms with E-state index in [0.29, 0.717) is 5.58 Å². The lowest BCUT2D eigenvalue weighted by Crippen LogP contribution is -1.75. The lowest BCUT2D eigenvalue weighted by Gasteiger charge is -1.83. The monoisotopic (exact) mass is 171 g/mol. The lowest BCUT2D eigenvalue weighted by molar-refractivity contribution is 0.663. The van der Waals surface area contributed by atoms with Gasteiger partial charge in [-0.05, 0) is 6.07 Å². The third-order valence-corrected chi connectivity index (χ3v) is 1.94. The molecule has 3 rings (SSSR count). The summed E-state index contributed by atoms with van der Waals surface area (Å²) in [5.74, 6) is 0. The van der Waals surface area contributed by atoms with Crippen LogP contribution in [0.1, 0.15) is 0 Å². The van der Waals surface area contributed by atoms with E-state index in [1.165, 1.54) is 6.33 Å². The smallest absolute Gasteiger partial charge is 0.172 e. The van der Waals surface area contributed by atoms with E-state index in [4.69, 9.17) is 4.42 Å². The van der Waals surface area contributed by atoms with Gasteiger partial charge in [-0.1, -0.05) is 0 Å². The van der Waals surface area contributed by atoms with Crippen LogP contribution in [0.4, 0.5) is 0 Å². The maximum Gasteiger partial charge on any atom is 0.172 e. The van der Waals surface area contributed by atoms with Crippen molar-refractivity contribution in [3.8, 4) is 0 Å². The molecule has 0 aliphatic carbocycles. The number of hydrogen-bond acceptors (Lipinski definition) is 4. The number of hydrogen-bond donors (Lipinski definition) is 0. The minimum Gasteiger partial charge on any atom is -0.451 e. The van der Waals surface area contributed by atoms with Crippen LogP contribution in [0, 0.1) is 0 Å². The number of nitrogens with zero attached hydrogens (tertiary/aromatic N) is 3. The summed E-state index contributed by atoms with van der Waals surface area (Å²) in [7, 11) is 0. The van der Waals surface area contributed by atoms with Crippen LogP contribution in [-0.2, 0) is 0 Å². The maximum absolute atomic E-state index is 5.46. The molecule has 13 heavy (non-hydrogen) atoms. The van der Waals surface area contributed by atoms with Crippen LogP contribution < -0.4 is 0 Å². The Bertz CT molecular complexity index is 523. The van der Waals surface area contributed by atoms with Crippen molar-refractivity contribution in [2.45, 2.75) is 0 Å². The molecule has 0 amide bonds. The quantitative estimate of drug-likeness (QED) is 0.517. The van der Waals surface area contributed by atoms with Crippen molar-refractivity contribution in [1.82, 2.24) is 15.0 Å². The van der Waals surface area contributed by atoms with E-state index in [9.17, 15) is 0 Å². The number of pyridine rings is 1. The van der Waals surface area contributed by atoms with Gasteiger partial charge in [0, 0.05) is 11.6 Å². The summed E-state index contributed by atoms with van der Waals surface area (Å²) in [4.78, 5) is 12.0. The first-order valence-electron chi connectivity index (χ1n) is 3.87. The molecule has 0 spiro atoms. The van der Waals surface area contributed by atoms with E-state index >= 15 is 0 Å². The Hall–Kier alpha value is -1.97. The normalized spacial score (nSPS) is 11.1. The molecule has 0 atom stereocenters. The van der Waals surface area contributed by atoms with Crippen LogP contribution >= 0.6 is 0 Å². The van der Waals surface area contributed by atoms with Crippen LogP contribution in [0.15, 0.2) is 35.4 Å². The van der Waals surface area contributed by atoms with Crippen molar-refractivity contribution in [2.75, 3.05) is 0 Å². The lowest BCUT2D eigenvalue weighted by atomic mass is 10.3. The second-order valence-corrected chi connectivity index (χ2v) is 2.71. The Labute approximate surface area is 73.2 Å². The molecular formula is C9H5N3O. The van der Waals surface area contributed by atoms with Crippen LogP contribution in [0.2, 0.25) is 0 Å². The standard InChI is InChI=1S/C9H5N3O/c1-2-10-3-7-6(1)9-8(13-7)4-11-5-12-9/h1-5H. The van der Waals surface area contributed by atoms with E-state index in [1.54, 1.807) is 18.6 Å². The topological polar surface area (TPSA) is 51.8 Å². The molecule has 0 aliphatic rings. The first kappa shape index (κ1) is 6.54. The molecule has 0 unspecified atom stereocenters. The zero-order valence-corrected chi connectivity index (χ0v) is 6.64. The first-order valence-corrected chi connectivity index (χ1v) is 3.87.